The molecule has 0 aromatic heterocycles. The van der Waals surface area contributed by atoms with Crippen molar-refractivity contribution >= 4 is 0 Å². The zero-order chi connectivity index (χ0) is 26.2. The molecule has 0 saturated heterocycles. The van der Waals surface area contributed by atoms with E-state index in [9.17, 15) is 0 Å². The van der Waals surface area contributed by atoms with Crippen LogP contribution in [0.2, 0.25) is 0 Å². The molecule has 0 radical (unpaired) electrons. The van der Waals surface area contributed by atoms with Crippen molar-refractivity contribution in [2.75, 3.05) is 0 Å². The van der Waals surface area contributed by atoms with Crippen LogP contribution in [0.1, 0.15) is 98.8 Å². The molecule has 35 heavy (non-hydrogen) atoms. The predicted molar refractivity (Wildman–Crippen MR) is 156 cm³/mol. The first kappa shape index (κ1) is 27.3. The molecule has 3 aromatic rings. The number of benzene rings is 3. The minimum atomic E-state index is 0.163. The molecule has 0 heteroatoms. The van der Waals surface area contributed by atoms with Gasteiger partial charge in [0.2, 0.25) is 0 Å². The molecule has 0 saturated carbocycles. The van der Waals surface area contributed by atoms with Crippen molar-refractivity contribution in [1.29, 1.82) is 0 Å². The van der Waals surface area contributed by atoms with Crippen molar-refractivity contribution in [3.05, 3.63) is 83.4 Å². The van der Waals surface area contributed by atoms with Gasteiger partial charge < -0.3 is 0 Å². The standard InChI is InChI=1S/C35H48/c1-25-30(26-15-19-28(20-16-26)34(8,9)23-32(2,3)4)13-12-14-31(25)27-17-21-29(22-18-27)35(10,11)24-33(5,6)7/h12-22H,23-24H2,1-11H3. The van der Waals surface area contributed by atoms with Crippen LogP contribution in [0, 0.1) is 17.8 Å². The Labute approximate surface area is 216 Å². The van der Waals surface area contributed by atoms with Crippen molar-refractivity contribution in [1.82, 2.24) is 0 Å². The second-order valence-corrected chi connectivity index (χ2v) is 14.4. The van der Waals surface area contributed by atoms with Crippen molar-refractivity contribution in [2.24, 2.45) is 10.8 Å². The van der Waals surface area contributed by atoms with E-state index < -0.39 is 0 Å². The fourth-order valence-electron chi connectivity index (χ4n) is 6.32. The molecule has 0 aliphatic heterocycles. The summed E-state index contributed by atoms with van der Waals surface area (Å²) < 4.78 is 0. The highest BCUT2D eigenvalue weighted by Crippen LogP contribution is 2.39. The summed E-state index contributed by atoms with van der Waals surface area (Å²) >= 11 is 0. The van der Waals surface area contributed by atoms with Gasteiger partial charge in [-0.3, -0.25) is 0 Å². The van der Waals surface area contributed by atoms with Gasteiger partial charge in [0, 0.05) is 0 Å². The monoisotopic (exact) mass is 468 g/mol. The van der Waals surface area contributed by atoms with E-state index in [1.165, 1.54) is 38.9 Å². The average molecular weight is 469 g/mol. The van der Waals surface area contributed by atoms with Crippen LogP contribution >= 0.6 is 0 Å². The summed E-state index contributed by atoms with van der Waals surface area (Å²) in [6.45, 7) is 25.7. The van der Waals surface area contributed by atoms with Gasteiger partial charge in [-0.15, -0.1) is 0 Å². The molecule has 0 fully saturated rings. The molecule has 0 bridgehead atoms. The topological polar surface area (TPSA) is 0 Å². The maximum atomic E-state index is 2.37. The van der Waals surface area contributed by atoms with Crippen LogP contribution in [0.15, 0.2) is 66.7 Å². The van der Waals surface area contributed by atoms with Gasteiger partial charge in [0.1, 0.15) is 0 Å². The zero-order valence-electron chi connectivity index (χ0n) is 24.3. The van der Waals surface area contributed by atoms with Crippen LogP contribution < -0.4 is 0 Å². The number of hydrogen-bond donors (Lipinski definition) is 0. The Balaban J connectivity index is 1.89. The Kier molecular flexibility index (Phi) is 7.48. The summed E-state index contributed by atoms with van der Waals surface area (Å²) in [6, 6.07) is 25.3. The van der Waals surface area contributed by atoms with Gasteiger partial charge in [-0.1, -0.05) is 136 Å². The smallest absolute Gasteiger partial charge is 0.00986 e. The first-order valence-corrected chi connectivity index (χ1v) is 13.3. The van der Waals surface area contributed by atoms with Gasteiger partial charge in [0.25, 0.3) is 0 Å². The lowest BCUT2D eigenvalue weighted by atomic mass is 9.72. The first-order chi connectivity index (χ1) is 16.0. The molecule has 0 unspecified atom stereocenters. The van der Waals surface area contributed by atoms with Crippen LogP contribution in [0.25, 0.3) is 22.3 Å². The lowest BCUT2D eigenvalue weighted by Gasteiger charge is -2.33. The third-order valence-corrected chi connectivity index (χ3v) is 7.23. The molecule has 0 heterocycles. The third kappa shape index (κ3) is 6.87. The maximum absolute atomic E-state index is 2.37. The predicted octanol–water partition coefficient (Wildman–Crippen LogP) is 10.8. The van der Waals surface area contributed by atoms with Crippen molar-refractivity contribution in [3.8, 4) is 22.3 Å². The Morgan fingerprint density at radius 3 is 1.06 bits per heavy atom. The second-order valence-electron chi connectivity index (χ2n) is 14.4. The fourth-order valence-corrected chi connectivity index (χ4v) is 6.32. The van der Waals surface area contributed by atoms with E-state index >= 15 is 0 Å². The molecule has 0 spiro atoms. The van der Waals surface area contributed by atoms with Crippen LogP contribution in [0.3, 0.4) is 0 Å². The quantitative estimate of drug-likeness (QED) is 0.337. The molecule has 0 aliphatic rings. The van der Waals surface area contributed by atoms with Crippen molar-refractivity contribution in [3.63, 3.8) is 0 Å². The fraction of sp³-hybridized carbons (Fsp3) is 0.486. The van der Waals surface area contributed by atoms with E-state index in [1.807, 2.05) is 0 Å². The molecule has 3 aromatic carbocycles. The molecule has 188 valence electrons. The van der Waals surface area contributed by atoms with Crippen LogP contribution in [0.4, 0.5) is 0 Å². The summed E-state index contributed by atoms with van der Waals surface area (Å²) in [5.74, 6) is 0. The Bertz CT molecular complexity index is 1030. The highest BCUT2D eigenvalue weighted by atomic mass is 14.3. The first-order valence-electron chi connectivity index (χ1n) is 13.3. The van der Waals surface area contributed by atoms with Crippen LogP contribution in [0.5, 0.6) is 0 Å². The Morgan fingerprint density at radius 2 is 0.771 bits per heavy atom. The maximum Gasteiger partial charge on any atom is -0.00986 e. The van der Waals surface area contributed by atoms with E-state index in [0.29, 0.717) is 10.8 Å². The number of hydrogen-bond acceptors (Lipinski definition) is 0. The third-order valence-electron chi connectivity index (χ3n) is 7.23. The minimum absolute atomic E-state index is 0.163. The molecule has 0 amide bonds. The van der Waals surface area contributed by atoms with E-state index in [0.717, 1.165) is 12.8 Å². The molecular formula is C35H48. The normalized spacial score (nSPS) is 13.2. The summed E-state index contributed by atoms with van der Waals surface area (Å²) in [5.41, 5.74) is 10.3. The number of rotatable bonds is 6. The highest BCUT2D eigenvalue weighted by Gasteiger charge is 2.28. The molecule has 0 aliphatic carbocycles. The van der Waals surface area contributed by atoms with E-state index in [-0.39, 0.29) is 10.8 Å². The lowest BCUT2D eigenvalue weighted by molar-refractivity contribution is 0.283. The molecule has 0 N–H and O–H groups in total. The van der Waals surface area contributed by atoms with Crippen LogP contribution in [-0.2, 0) is 10.8 Å². The van der Waals surface area contributed by atoms with Gasteiger partial charge in [0.15, 0.2) is 0 Å². The Morgan fingerprint density at radius 1 is 0.457 bits per heavy atom. The van der Waals surface area contributed by atoms with Gasteiger partial charge in [0.05, 0.1) is 0 Å². The van der Waals surface area contributed by atoms with Crippen molar-refractivity contribution in [2.45, 2.75) is 99.8 Å². The highest BCUT2D eigenvalue weighted by molar-refractivity contribution is 5.78. The molecule has 0 nitrogen and oxygen atoms in total. The average Bonchev–Trinajstić information content (AvgIpc) is 2.71. The van der Waals surface area contributed by atoms with Gasteiger partial charge in [-0.2, -0.15) is 0 Å². The minimum Gasteiger partial charge on any atom is -0.0610 e. The lowest BCUT2D eigenvalue weighted by Crippen LogP contribution is -2.24. The van der Waals surface area contributed by atoms with Crippen molar-refractivity contribution < 1.29 is 0 Å². The van der Waals surface area contributed by atoms with Gasteiger partial charge in [-0.25, -0.2) is 0 Å². The van der Waals surface area contributed by atoms with Gasteiger partial charge >= 0.3 is 0 Å². The molecule has 3 rings (SSSR count). The van der Waals surface area contributed by atoms with Gasteiger partial charge in [-0.05, 0) is 80.4 Å². The van der Waals surface area contributed by atoms with E-state index in [4.69, 9.17) is 0 Å². The largest absolute Gasteiger partial charge is 0.0610 e. The van der Waals surface area contributed by atoms with E-state index in [1.54, 1.807) is 0 Å². The Hall–Kier alpha value is -2.34. The molecular weight excluding hydrogens is 420 g/mol. The summed E-state index contributed by atoms with van der Waals surface area (Å²) in [4.78, 5) is 0. The summed E-state index contributed by atoms with van der Waals surface area (Å²) in [5, 5.41) is 0. The van der Waals surface area contributed by atoms with E-state index in [2.05, 4.69) is 143 Å². The zero-order valence-corrected chi connectivity index (χ0v) is 24.3. The van der Waals surface area contributed by atoms with Crippen LogP contribution in [-0.4, -0.2) is 0 Å². The molecule has 0 atom stereocenters. The SMILES string of the molecule is Cc1c(-c2ccc(C(C)(C)CC(C)(C)C)cc2)cccc1-c1ccc(C(C)(C)CC(C)(C)C)cc1. The second kappa shape index (κ2) is 9.61. The summed E-state index contributed by atoms with van der Waals surface area (Å²) in [6.07, 6.45) is 2.33. The summed E-state index contributed by atoms with van der Waals surface area (Å²) in [7, 11) is 0.